The molecule has 0 bridgehead atoms. The zero-order valence-corrected chi connectivity index (χ0v) is 26.3. The Balaban J connectivity index is 1.33. The Labute approximate surface area is 269 Å². The Morgan fingerprint density at radius 1 is 1.13 bits per heavy atom. The molecule has 1 N–H and O–H groups in total. The number of aryl methyl sites for hydroxylation is 1. The van der Waals surface area contributed by atoms with Gasteiger partial charge in [0.15, 0.2) is 5.82 Å². The number of phenols is 1. The number of fused-ring (bicyclic) bond motifs is 2. The molecule has 1 spiro atoms. The van der Waals surface area contributed by atoms with Gasteiger partial charge in [-0.05, 0) is 73.2 Å². The molecule has 5 heterocycles. The SMILES string of the molecule is CCc1c(F)ccc2cc(O)cc(-c3nc4c5c(nc(OC[C@@]67CCCN6C[C@H](F)C7)nc5c3F)N(C)C3(CCO4)CC(C#N)C3)c12. The highest BCUT2D eigenvalue weighted by atomic mass is 19.1. The highest BCUT2D eigenvalue weighted by molar-refractivity contribution is 6.03. The van der Waals surface area contributed by atoms with Crippen LogP contribution in [0.3, 0.4) is 0 Å². The number of alkyl halides is 1. The summed E-state index contributed by atoms with van der Waals surface area (Å²) < 4.78 is 59.2. The summed E-state index contributed by atoms with van der Waals surface area (Å²) in [5.41, 5.74) is -0.562. The second-order valence-electron chi connectivity index (χ2n) is 13.6. The number of hydrogen-bond donors (Lipinski definition) is 1. The van der Waals surface area contributed by atoms with Gasteiger partial charge in [0.05, 0.1) is 24.1 Å². The van der Waals surface area contributed by atoms with E-state index in [1.165, 1.54) is 18.2 Å². The van der Waals surface area contributed by atoms with Gasteiger partial charge in [-0.15, -0.1) is 0 Å². The number of aromatic hydroxyl groups is 1. The van der Waals surface area contributed by atoms with Crippen LogP contribution in [0.2, 0.25) is 0 Å². The van der Waals surface area contributed by atoms with Crippen molar-refractivity contribution in [3.63, 3.8) is 0 Å². The Kier molecular flexibility index (Phi) is 6.92. The van der Waals surface area contributed by atoms with Gasteiger partial charge in [-0.2, -0.15) is 15.2 Å². The zero-order chi connectivity index (χ0) is 32.7. The fourth-order valence-electron chi connectivity index (χ4n) is 8.53. The summed E-state index contributed by atoms with van der Waals surface area (Å²) in [7, 11) is 1.88. The van der Waals surface area contributed by atoms with Crippen molar-refractivity contribution in [1.29, 1.82) is 5.26 Å². The fraction of sp³-hybridized carbons (Fsp3) is 0.486. The first-order valence-electron chi connectivity index (χ1n) is 16.3. The van der Waals surface area contributed by atoms with E-state index in [4.69, 9.17) is 14.5 Å². The van der Waals surface area contributed by atoms with Crippen LogP contribution >= 0.6 is 0 Å². The number of nitrogens with zero attached hydrogens (tertiary/aromatic N) is 6. The van der Waals surface area contributed by atoms with E-state index in [9.17, 15) is 14.8 Å². The van der Waals surface area contributed by atoms with E-state index in [-0.39, 0.29) is 58.9 Å². The van der Waals surface area contributed by atoms with Gasteiger partial charge in [0.25, 0.3) is 0 Å². The van der Waals surface area contributed by atoms with Crippen molar-refractivity contribution in [2.75, 3.05) is 38.3 Å². The highest BCUT2D eigenvalue weighted by Gasteiger charge is 2.51. The van der Waals surface area contributed by atoms with Crippen LogP contribution in [0, 0.1) is 28.9 Å². The molecule has 2 atom stereocenters. The fourth-order valence-corrected chi connectivity index (χ4v) is 8.53. The summed E-state index contributed by atoms with van der Waals surface area (Å²) in [6, 6.07) is 8.06. The molecule has 47 heavy (non-hydrogen) atoms. The van der Waals surface area contributed by atoms with Gasteiger partial charge in [-0.1, -0.05) is 13.0 Å². The van der Waals surface area contributed by atoms with Crippen LogP contribution in [0.25, 0.3) is 32.9 Å². The molecular weight excluding hydrogens is 609 g/mol. The van der Waals surface area contributed by atoms with E-state index in [0.29, 0.717) is 60.8 Å². The minimum absolute atomic E-state index is 0.0576. The van der Waals surface area contributed by atoms with Crippen LogP contribution in [0.4, 0.5) is 19.0 Å². The summed E-state index contributed by atoms with van der Waals surface area (Å²) >= 11 is 0. The summed E-state index contributed by atoms with van der Waals surface area (Å²) in [6.07, 6.45) is 3.25. The second kappa shape index (κ2) is 10.8. The molecule has 244 valence electrons. The van der Waals surface area contributed by atoms with Crippen molar-refractivity contribution in [1.82, 2.24) is 19.9 Å². The zero-order valence-electron chi connectivity index (χ0n) is 26.3. The molecule has 1 saturated carbocycles. The lowest BCUT2D eigenvalue weighted by molar-refractivity contribution is 0.107. The first-order chi connectivity index (χ1) is 22.6. The van der Waals surface area contributed by atoms with Gasteiger partial charge < -0.3 is 19.5 Å². The molecule has 0 unspecified atom stereocenters. The monoisotopic (exact) mass is 644 g/mol. The molecule has 3 aliphatic heterocycles. The number of hydrogen-bond acceptors (Lipinski definition) is 9. The predicted octanol–water partition coefficient (Wildman–Crippen LogP) is 6.24. The summed E-state index contributed by atoms with van der Waals surface area (Å²) in [5, 5.41) is 21.5. The molecule has 0 amide bonds. The quantitative estimate of drug-likeness (QED) is 0.270. The second-order valence-corrected chi connectivity index (χ2v) is 13.6. The first-order valence-corrected chi connectivity index (χ1v) is 16.3. The molecule has 2 aromatic carbocycles. The van der Waals surface area contributed by atoms with Crippen molar-refractivity contribution >= 4 is 27.5 Å². The number of benzene rings is 2. The standard InChI is InChI=1S/C35H35F3N6O3/c1-3-23-25(37)6-5-20-11-22(45)12-24(26(20)23)29-28(38)30-27-31(43(2)34(13-19(14-34)16-39)8-10-46-32(27)40-29)42-33(41-30)47-18-35-7-4-9-44(35)17-21(36)15-35/h5-6,11-12,19,21,45H,3-4,7-10,13-15,17-18H2,1-2H3/t19?,21-,34?,35+/m1/s1. The van der Waals surface area contributed by atoms with Crippen LogP contribution in [0.15, 0.2) is 24.3 Å². The van der Waals surface area contributed by atoms with Gasteiger partial charge >= 0.3 is 6.01 Å². The maximum Gasteiger partial charge on any atom is 0.319 e. The van der Waals surface area contributed by atoms with E-state index in [1.54, 1.807) is 6.07 Å². The normalized spacial score (nSPS) is 26.9. The van der Waals surface area contributed by atoms with Crippen LogP contribution in [0.5, 0.6) is 17.6 Å². The van der Waals surface area contributed by atoms with Gasteiger partial charge in [0, 0.05) is 37.5 Å². The molecular formula is C35H35F3N6O3. The molecule has 9 nitrogen and oxygen atoms in total. The van der Waals surface area contributed by atoms with Crippen molar-refractivity contribution < 1.29 is 27.8 Å². The Morgan fingerprint density at radius 2 is 1.96 bits per heavy atom. The number of nitriles is 1. The van der Waals surface area contributed by atoms with Crippen molar-refractivity contribution in [3.8, 4) is 35.0 Å². The van der Waals surface area contributed by atoms with Gasteiger partial charge in [0.1, 0.15) is 46.8 Å². The van der Waals surface area contributed by atoms with E-state index in [1.807, 2.05) is 18.9 Å². The molecule has 1 aliphatic carbocycles. The number of pyridine rings is 1. The van der Waals surface area contributed by atoms with Gasteiger partial charge in [0.2, 0.25) is 5.88 Å². The lowest BCUT2D eigenvalue weighted by Gasteiger charge is -2.52. The van der Waals surface area contributed by atoms with Crippen molar-refractivity contribution in [3.05, 3.63) is 41.5 Å². The molecule has 3 fully saturated rings. The smallest absolute Gasteiger partial charge is 0.319 e. The number of anilines is 1. The Morgan fingerprint density at radius 3 is 2.74 bits per heavy atom. The summed E-state index contributed by atoms with van der Waals surface area (Å²) in [6.45, 7) is 3.38. The summed E-state index contributed by atoms with van der Waals surface area (Å²) in [5.74, 6) is -0.998. The summed E-state index contributed by atoms with van der Waals surface area (Å²) in [4.78, 5) is 18.2. The molecule has 4 aromatic rings. The van der Waals surface area contributed by atoms with Crippen molar-refractivity contribution in [2.45, 2.75) is 69.1 Å². The third-order valence-corrected chi connectivity index (χ3v) is 11.0. The van der Waals surface area contributed by atoms with E-state index < -0.39 is 28.9 Å². The average Bonchev–Trinajstić information content (AvgIpc) is 3.56. The van der Waals surface area contributed by atoms with Crippen LogP contribution in [-0.2, 0) is 6.42 Å². The topological polar surface area (TPSA) is 108 Å². The molecule has 0 radical (unpaired) electrons. The average molecular weight is 645 g/mol. The molecule has 2 saturated heterocycles. The predicted molar refractivity (Wildman–Crippen MR) is 169 cm³/mol. The third-order valence-electron chi connectivity index (χ3n) is 11.0. The van der Waals surface area contributed by atoms with Gasteiger partial charge in [-0.3, -0.25) is 4.90 Å². The molecule has 8 rings (SSSR count). The van der Waals surface area contributed by atoms with Crippen LogP contribution in [-0.4, -0.2) is 75.6 Å². The van der Waals surface area contributed by atoms with E-state index in [0.717, 1.165) is 19.4 Å². The van der Waals surface area contributed by atoms with Crippen LogP contribution < -0.4 is 14.4 Å². The maximum atomic E-state index is 17.1. The maximum absolute atomic E-state index is 17.1. The molecule has 12 heteroatoms. The van der Waals surface area contributed by atoms with E-state index >= 15 is 8.78 Å². The number of halogens is 3. The Hall–Kier alpha value is -4.37. The third kappa shape index (κ3) is 4.57. The van der Waals surface area contributed by atoms with Crippen LogP contribution in [0.1, 0.15) is 51.0 Å². The number of aromatic nitrogens is 3. The van der Waals surface area contributed by atoms with Gasteiger partial charge in [-0.25, -0.2) is 18.2 Å². The van der Waals surface area contributed by atoms with Crippen molar-refractivity contribution in [2.24, 2.45) is 5.92 Å². The lowest BCUT2D eigenvalue weighted by Crippen LogP contribution is -2.57. The number of rotatable bonds is 5. The lowest BCUT2D eigenvalue weighted by atomic mass is 9.66. The molecule has 2 aromatic heterocycles. The first kappa shape index (κ1) is 30.0. The molecule has 4 aliphatic rings. The number of phenolic OH excluding ortho intramolecular Hbond substituents is 1. The minimum atomic E-state index is -0.941. The number of ether oxygens (including phenoxy) is 2. The largest absolute Gasteiger partial charge is 0.508 e. The minimum Gasteiger partial charge on any atom is -0.508 e. The Bertz CT molecular complexity index is 1980. The van der Waals surface area contributed by atoms with E-state index in [2.05, 4.69) is 20.9 Å². The highest BCUT2D eigenvalue weighted by Crippen LogP contribution is 2.50.